The van der Waals surface area contributed by atoms with Crippen LogP contribution in [0.5, 0.6) is 0 Å². The van der Waals surface area contributed by atoms with Gasteiger partial charge in [-0.3, -0.25) is 9.89 Å². The molecule has 1 amide bonds. The van der Waals surface area contributed by atoms with Crippen LogP contribution in [-0.4, -0.2) is 16.1 Å². The molecule has 0 atom stereocenters. The van der Waals surface area contributed by atoms with E-state index >= 15 is 0 Å². The SMILES string of the molecule is NC(=O)c1cc(-c2ccn[nH]2)c(C(F)(F)F)cc1N. The molecule has 5 nitrogen and oxygen atoms in total. The molecule has 8 heteroatoms. The van der Waals surface area contributed by atoms with Crippen LogP contribution in [0.3, 0.4) is 0 Å². The topological polar surface area (TPSA) is 97.8 Å². The molecule has 0 unspecified atom stereocenters. The van der Waals surface area contributed by atoms with Gasteiger partial charge in [0.25, 0.3) is 5.91 Å². The Morgan fingerprint density at radius 1 is 1.32 bits per heavy atom. The molecular formula is C11H9F3N4O. The lowest BCUT2D eigenvalue weighted by atomic mass is 9.99. The summed E-state index contributed by atoms with van der Waals surface area (Å²) < 4.78 is 38.8. The molecule has 0 saturated heterocycles. The number of nitrogens with one attached hydrogen (secondary N) is 1. The number of aromatic nitrogens is 2. The van der Waals surface area contributed by atoms with Gasteiger partial charge in [-0.1, -0.05) is 0 Å². The second-order valence-corrected chi connectivity index (χ2v) is 3.82. The summed E-state index contributed by atoms with van der Waals surface area (Å²) in [6.07, 6.45) is -3.31. The highest BCUT2D eigenvalue weighted by Crippen LogP contribution is 2.38. The van der Waals surface area contributed by atoms with Crippen molar-refractivity contribution in [2.24, 2.45) is 5.73 Å². The van der Waals surface area contributed by atoms with E-state index in [4.69, 9.17) is 11.5 Å². The Kier molecular flexibility index (Phi) is 2.93. The Balaban J connectivity index is 2.74. The van der Waals surface area contributed by atoms with Gasteiger partial charge in [-0.15, -0.1) is 0 Å². The summed E-state index contributed by atoms with van der Waals surface area (Å²) in [7, 11) is 0. The molecule has 0 fully saturated rings. The van der Waals surface area contributed by atoms with E-state index in [-0.39, 0.29) is 22.5 Å². The molecule has 0 radical (unpaired) electrons. The van der Waals surface area contributed by atoms with E-state index in [0.717, 1.165) is 6.07 Å². The number of nitrogens with zero attached hydrogens (tertiary/aromatic N) is 1. The Labute approximate surface area is 105 Å². The first-order chi connectivity index (χ1) is 8.80. The van der Waals surface area contributed by atoms with E-state index in [1.807, 2.05) is 0 Å². The van der Waals surface area contributed by atoms with Gasteiger partial charge < -0.3 is 11.5 Å². The molecule has 2 aromatic rings. The molecule has 0 bridgehead atoms. The summed E-state index contributed by atoms with van der Waals surface area (Å²) in [5.41, 5.74) is 8.93. The molecule has 1 heterocycles. The molecule has 19 heavy (non-hydrogen) atoms. The van der Waals surface area contributed by atoms with Crippen molar-refractivity contribution in [1.82, 2.24) is 10.2 Å². The molecule has 2 rings (SSSR count). The van der Waals surface area contributed by atoms with Gasteiger partial charge in [0.15, 0.2) is 0 Å². The average molecular weight is 270 g/mol. The largest absolute Gasteiger partial charge is 0.417 e. The first-order valence-corrected chi connectivity index (χ1v) is 5.11. The normalized spacial score (nSPS) is 11.5. The average Bonchev–Trinajstić information content (AvgIpc) is 2.80. The van der Waals surface area contributed by atoms with Crippen LogP contribution in [0, 0.1) is 0 Å². The van der Waals surface area contributed by atoms with Crippen molar-refractivity contribution in [3.8, 4) is 11.3 Å². The fraction of sp³-hybridized carbons (Fsp3) is 0.0909. The van der Waals surface area contributed by atoms with Crippen molar-refractivity contribution < 1.29 is 18.0 Å². The van der Waals surface area contributed by atoms with Gasteiger partial charge >= 0.3 is 6.18 Å². The second-order valence-electron chi connectivity index (χ2n) is 3.82. The number of hydrogen-bond acceptors (Lipinski definition) is 3. The standard InChI is InChI=1S/C11H9F3N4O/c12-11(13,14)7-4-8(15)6(10(16)19)3-5(7)9-1-2-17-18-9/h1-4H,15H2,(H2,16,19)(H,17,18). The molecule has 100 valence electrons. The van der Waals surface area contributed by atoms with Crippen molar-refractivity contribution in [2.45, 2.75) is 6.18 Å². The van der Waals surface area contributed by atoms with E-state index < -0.39 is 17.6 Å². The number of carbonyl (C=O) groups is 1. The van der Waals surface area contributed by atoms with E-state index in [2.05, 4.69) is 10.2 Å². The third kappa shape index (κ3) is 2.37. The van der Waals surface area contributed by atoms with Gasteiger partial charge in [-0.25, -0.2) is 0 Å². The van der Waals surface area contributed by atoms with Crippen LogP contribution in [-0.2, 0) is 6.18 Å². The van der Waals surface area contributed by atoms with Crippen LogP contribution < -0.4 is 11.5 Å². The molecule has 0 aliphatic rings. The van der Waals surface area contributed by atoms with Crippen LogP contribution >= 0.6 is 0 Å². The number of hydrogen-bond donors (Lipinski definition) is 3. The number of primary amides is 1. The van der Waals surface area contributed by atoms with Crippen molar-refractivity contribution in [1.29, 1.82) is 0 Å². The third-order valence-electron chi connectivity index (χ3n) is 2.55. The smallest absolute Gasteiger partial charge is 0.398 e. The number of halogens is 3. The van der Waals surface area contributed by atoms with E-state index in [1.54, 1.807) is 0 Å². The van der Waals surface area contributed by atoms with E-state index in [9.17, 15) is 18.0 Å². The summed E-state index contributed by atoms with van der Waals surface area (Å²) in [5.74, 6) is -0.896. The Morgan fingerprint density at radius 3 is 2.47 bits per heavy atom. The van der Waals surface area contributed by atoms with Crippen molar-refractivity contribution in [3.05, 3.63) is 35.5 Å². The monoisotopic (exact) mass is 270 g/mol. The number of amides is 1. The number of anilines is 1. The van der Waals surface area contributed by atoms with Gasteiger partial charge in [0.1, 0.15) is 0 Å². The summed E-state index contributed by atoms with van der Waals surface area (Å²) >= 11 is 0. The lowest BCUT2D eigenvalue weighted by molar-refractivity contribution is -0.137. The molecule has 1 aromatic heterocycles. The quantitative estimate of drug-likeness (QED) is 0.725. The third-order valence-corrected chi connectivity index (χ3v) is 2.55. The minimum atomic E-state index is -4.61. The number of nitrogens with two attached hydrogens (primary N) is 2. The maximum Gasteiger partial charge on any atom is 0.417 e. The van der Waals surface area contributed by atoms with Gasteiger partial charge in [-0.2, -0.15) is 18.3 Å². The molecule has 0 spiro atoms. The van der Waals surface area contributed by atoms with Gasteiger partial charge in [0, 0.05) is 17.4 Å². The Hall–Kier alpha value is -2.51. The predicted octanol–water partition coefficient (Wildman–Crippen LogP) is 1.78. The van der Waals surface area contributed by atoms with E-state index in [1.165, 1.54) is 12.3 Å². The number of benzene rings is 1. The number of alkyl halides is 3. The highest BCUT2D eigenvalue weighted by molar-refractivity contribution is 5.99. The lowest BCUT2D eigenvalue weighted by Crippen LogP contribution is -2.16. The van der Waals surface area contributed by atoms with Gasteiger partial charge in [0.05, 0.1) is 16.8 Å². The second kappa shape index (κ2) is 4.30. The zero-order chi connectivity index (χ0) is 14.2. The summed E-state index contributed by atoms with van der Waals surface area (Å²) in [4.78, 5) is 11.1. The van der Waals surface area contributed by atoms with Crippen LogP contribution in [0.2, 0.25) is 0 Å². The minimum absolute atomic E-state index is 0.120. The fourth-order valence-electron chi connectivity index (χ4n) is 1.69. The number of nitrogen functional groups attached to an aromatic ring is 1. The molecule has 0 saturated carbocycles. The zero-order valence-electron chi connectivity index (χ0n) is 9.45. The first kappa shape index (κ1) is 12.9. The highest BCUT2D eigenvalue weighted by atomic mass is 19.4. The molecule has 1 aromatic carbocycles. The van der Waals surface area contributed by atoms with Crippen molar-refractivity contribution in [3.63, 3.8) is 0 Å². The Morgan fingerprint density at radius 2 is 2.00 bits per heavy atom. The fourth-order valence-corrected chi connectivity index (χ4v) is 1.69. The summed E-state index contributed by atoms with van der Waals surface area (Å²) in [6.45, 7) is 0. The maximum absolute atomic E-state index is 12.9. The van der Waals surface area contributed by atoms with E-state index in [0.29, 0.717) is 6.07 Å². The van der Waals surface area contributed by atoms with Crippen LogP contribution in [0.1, 0.15) is 15.9 Å². The Bertz CT molecular complexity index is 620. The predicted molar refractivity (Wildman–Crippen MR) is 62.0 cm³/mol. The number of aromatic amines is 1. The lowest BCUT2D eigenvalue weighted by Gasteiger charge is -2.14. The molecule has 0 aliphatic carbocycles. The first-order valence-electron chi connectivity index (χ1n) is 5.11. The molecule has 0 aliphatic heterocycles. The summed E-state index contributed by atoms with van der Waals surface area (Å²) in [5, 5.41) is 5.99. The highest BCUT2D eigenvalue weighted by Gasteiger charge is 2.35. The minimum Gasteiger partial charge on any atom is -0.398 e. The van der Waals surface area contributed by atoms with Crippen LogP contribution in [0.4, 0.5) is 18.9 Å². The zero-order valence-corrected chi connectivity index (χ0v) is 9.45. The number of H-pyrrole nitrogens is 1. The molecular weight excluding hydrogens is 261 g/mol. The maximum atomic E-state index is 12.9. The van der Waals surface area contributed by atoms with Crippen molar-refractivity contribution in [2.75, 3.05) is 5.73 Å². The summed E-state index contributed by atoms with van der Waals surface area (Å²) in [6, 6.07) is 3.05. The van der Waals surface area contributed by atoms with Gasteiger partial charge in [-0.05, 0) is 18.2 Å². The molecule has 5 N–H and O–H groups in total. The number of carbonyl (C=O) groups excluding carboxylic acids is 1. The van der Waals surface area contributed by atoms with Crippen LogP contribution in [0.25, 0.3) is 11.3 Å². The van der Waals surface area contributed by atoms with Crippen LogP contribution in [0.15, 0.2) is 24.4 Å². The number of rotatable bonds is 2. The van der Waals surface area contributed by atoms with Gasteiger partial charge in [0.2, 0.25) is 0 Å². The van der Waals surface area contributed by atoms with Crippen molar-refractivity contribution >= 4 is 11.6 Å².